The highest BCUT2D eigenvalue weighted by Crippen LogP contribution is 2.30. The molecule has 1 aliphatic rings. The second-order valence-electron chi connectivity index (χ2n) is 9.47. The van der Waals surface area contributed by atoms with Gasteiger partial charge in [-0.05, 0) is 54.5 Å². The van der Waals surface area contributed by atoms with Crippen LogP contribution in [0.1, 0.15) is 43.8 Å². The van der Waals surface area contributed by atoms with Crippen LogP contribution in [-0.2, 0) is 16.1 Å². The maximum atomic E-state index is 14.0. The number of benzene rings is 2. The zero-order valence-corrected chi connectivity index (χ0v) is 21.8. The van der Waals surface area contributed by atoms with Crippen LogP contribution in [0.25, 0.3) is 11.4 Å². The van der Waals surface area contributed by atoms with E-state index < -0.39 is 6.04 Å². The van der Waals surface area contributed by atoms with Crippen LogP contribution in [0.5, 0.6) is 5.75 Å². The highest BCUT2D eigenvalue weighted by atomic mass is 16.5. The summed E-state index contributed by atoms with van der Waals surface area (Å²) in [5.41, 5.74) is 1.78. The Bertz CT molecular complexity index is 1370. The Hall–Kier alpha value is -4.60. The minimum atomic E-state index is -0.994. The van der Waals surface area contributed by atoms with Crippen molar-refractivity contribution in [3.8, 4) is 17.1 Å². The molecule has 0 unspecified atom stereocenters. The minimum Gasteiger partial charge on any atom is -0.497 e. The molecular weight excluding hydrogens is 494 g/mol. The van der Waals surface area contributed by atoms with E-state index in [0.29, 0.717) is 23.0 Å². The molecule has 10 nitrogen and oxygen atoms in total. The number of pyridine rings is 1. The molecule has 1 saturated carbocycles. The normalized spacial score (nSPS) is 14.4. The molecule has 0 radical (unpaired) electrons. The van der Waals surface area contributed by atoms with E-state index in [0.717, 1.165) is 31.2 Å². The lowest BCUT2D eigenvalue weighted by Crippen LogP contribution is -2.48. The number of amides is 2. The van der Waals surface area contributed by atoms with Gasteiger partial charge in [-0.15, -0.1) is 10.2 Å². The number of hydrogen-bond acceptors (Lipinski definition) is 7. The van der Waals surface area contributed by atoms with E-state index in [9.17, 15) is 9.59 Å². The first-order valence-corrected chi connectivity index (χ1v) is 13.1. The van der Waals surface area contributed by atoms with Gasteiger partial charge in [0.15, 0.2) is 6.04 Å². The average Bonchev–Trinajstić information content (AvgIpc) is 3.45. The van der Waals surface area contributed by atoms with Gasteiger partial charge in [0.25, 0.3) is 5.91 Å². The lowest BCUT2D eigenvalue weighted by molar-refractivity contribution is -0.127. The summed E-state index contributed by atoms with van der Waals surface area (Å²) < 4.78 is 5.32. The number of nitrogens with one attached hydrogen (secondary N) is 1. The lowest BCUT2D eigenvalue weighted by atomic mass is 9.95. The SMILES string of the molecule is COc1ccc(N(C(=O)Cn2nnc(-c3ccccc3)n2)[C@H](C(=O)NC2CCCCC2)c2ccccn2)cc1. The van der Waals surface area contributed by atoms with Gasteiger partial charge in [0.2, 0.25) is 11.7 Å². The Morgan fingerprint density at radius 3 is 2.44 bits per heavy atom. The van der Waals surface area contributed by atoms with Gasteiger partial charge < -0.3 is 10.1 Å². The fourth-order valence-corrected chi connectivity index (χ4v) is 4.84. The van der Waals surface area contributed by atoms with Crippen LogP contribution in [0.4, 0.5) is 5.69 Å². The summed E-state index contributed by atoms with van der Waals surface area (Å²) in [6.07, 6.45) is 6.77. The predicted octanol–water partition coefficient (Wildman–Crippen LogP) is 3.97. The first kappa shape index (κ1) is 26.0. The molecule has 0 bridgehead atoms. The Labute approximate surface area is 227 Å². The van der Waals surface area contributed by atoms with E-state index >= 15 is 0 Å². The highest BCUT2D eigenvalue weighted by Gasteiger charge is 2.35. The van der Waals surface area contributed by atoms with Crippen molar-refractivity contribution in [1.82, 2.24) is 30.5 Å². The van der Waals surface area contributed by atoms with Crippen LogP contribution in [-0.4, -0.2) is 50.2 Å². The molecule has 200 valence electrons. The summed E-state index contributed by atoms with van der Waals surface area (Å²) in [5.74, 6) is 0.390. The topological polar surface area (TPSA) is 115 Å². The number of tetrazole rings is 1. The summed E-state index contributed by atoms with van der Waals surface area (Å²) in [6, 6.07) is 20.9. The summed E-state index contributed by atoms with van der Waals surface area (Å²) in [5, 5.41) is 15.8. The van der Waals surface area contributed by atoms with Crippen LogP contribution < -0.4 is 15.0 Å². The van der Waals surface area contributed by atoms with E-state index in [1.165, 1.54) is 16.1 Å². The molecule has 39 heavy (non-hydrogen) atoms. The molecule has 10 heteroatoms. The first-order valence-electron chi connectivity index (χ1n) is 13.1. The molecule has 1 atom stereocenters. The van der Waals surface area contributed by atoms with Crippen LogP contribution in [0.15, 0.2) is 79.0 Å². The Kier molecular flexibility index (Phi) is 8.20. The van der Waals surface area contributed by atoms with E-state index in [2.05, 4.69) is 25.7 Å². The van der Waals surface area contributed by atoms with Crippen LogP contribution >= 0.6 is 0 Å². The number of carbonyl (C=O) groups excluding carboxylic acids is 2. The molecule has 2 aromatic carbocycles. The van der Waals surface area contributed by atoms with E-state index in [1.807, 2.05) is 36.4 Å². The van der Waals surface area contributed by atoms with Crippen molar-refractivity contribution in [3.05, 3.63) is 84.7 Å². The second-order valence-corrected chi connectivity index (χ2v) is 9.47. The molecule has 2 amide bonds. The largest absolute Gasteiger partial charge is 0.497 e. The second kappa shape index (κ2) is 12.3. The van der Waals surface area contributed by atoms with Crippen molar-refractivity contribution in [2.45, 2.75) is 50.7 Å². The average molecular weight is 526 g/mol. The molecule has 1 N–H and O–H groups in total. The van der Waals surface area contributed by atoms with Gasteiger partial charge in [-0.2, -0.15) is 4.80 Å². The molecule has 1 aliphatic carbocycles. The minimum absolute atomic E-state index is 0.0655. The molecular formula is C29H31N7O3. The monoisotopic (exact) mass is 525 g/mol. The molecule has 5 rings (SSSR count). The van der Waals surface area contributed by atoms with Gasteiger partial charge in [0, 0.05) is 23.5 Å². The van der Waals surface area contributed by atoms with E-state index in [1.54, 1.807) is 49.7 Å². The number of hydrogen-bond donors (Lipinski definition) is 1. The summed E-state index contributed by atoms with van der Waals surface area (Å²) >= 11 is 0. The van der Waals surface area contributed by atoms with Crippen molar-refractivity contribution < 1.29 is 14.3 Å². The van der Waals surface area contributed by atoms with E-state index in [-0.39, 0.29) is 24.4 Å². The molecule has 2 heterocycles. The number of ether oxygens (including phenoxy) is 1. The number of nitrogens with zero attached hydrogens (tertiary/aromatic N) is 6. The highest BCUT2D eigenvalue weighted by molar-refractivity contribution is 6.01. The number of carbonyl (C=O) groups is 2. The van der Waals surface area contributed by atoms with Crippen molar-refractivity contribution >= 4 is 17.5 Å². The number of rotatable bonds is 9. The van der Waals surface area contributed by atoms with E-state index in [4.69, 9.17) is 4.74 Å². The zero-order chi connectivity index (χ0) is 27.0. The summed E-state index contributed by atoms with van der Waals surface area (Å²) in [6.45, 7) is -0.216. The molecule has 0 aliphatic heterocycles. The number of methoxy groups -OCH3 is 1. The standard InChI is InChI=1S/C29H31N7O3/c1-39-24-17-15-23(16-18-24)36(26(37)20-35-33-28(32-34-35)21-10-4-2-5-11-21)27(25-14-8-9-19-30-25)29(38)31-22-12-6-3-7-13-22/h2,4-5,8-11,14-19,22,27H,3,6-7,12-13,20H2,1H3,(H,31,38)/t27-/m0/s1. The molecule has 4 aromatic rings. The fourth-order valence-electron chi connectivity index (χ4n) is 4.84. The Morgan fingerprint density at radius 1 is 1.00 bits per heavy atom. The van der Waals surface area contributed by atoms with Crippen molar-refractivity contribution in [2.24, 2.45) is 0 Å². The Balaban J connectivity index is 1.49. The fraction of sp³-hybridized carbons (Fsp3) is 0.310. The van der Waals surface area contributed by atoms with Crippen molar-refractivity contribution in [1.29, 1.82) is 0 Å². The van der Waals surface area contributed by atoms with Gasteiger partial charge in [-0.1, -0.05) is 55.7 Å². The number of anilines is 1. The Morgan fingerprint density at radius 2 is 1.74 bits per heavy atom. The predicted molar refractivity (Wildman–Crippen MR) is 146 cm³/mol. The maximum Gasteiger partial charge on any atom is 0.251 e. The third kappa shape index (κ3) is 6.28. The smallest absolute Gasteiger partial charge is 0.251 e. The van der Waals surface area contributed by atoms with Gasteiger partial charge >= 0.3 is 0 Å². The lowest BCUT2D eigenvalue weighted by Gasteiger charge is -2.32. The van der Waals surface area contributed by atoms with Crippen molar-refractivity contribution in [2.75, 3.05) is 12.0 Å². The quantitative estimate of drug-likeness (QED) is 0.352. The summed E-state index contributed by atoms with van der Waals surface area (Å²) in [4.78, 5) is 35.0. The summed E-state index contributed by atoms with van der Waals surface area (Å²) in [7, 11) is 1.58. The zero-order valence-electron chi connectivity index (χ0n) is 21.8. The van der Waals surface area contributed by atoms with Gasteiger partial charge in [-0.25, -0.2) is 0 Å². The van der Waals surface area contributed by atoms with Gasteiger partial charge in [0.05, 0.1) is 12.8 Å². The molecule has 2 aromatic heterocycles. The van der Waals surface area contributed by atoms with Gasteiger partial charge in [0.1, 0.15) is 12.3 Å². The van der Waals surface area contributed by atoms with Crippen molar-refractivity contribution in [3.63, 3.8) is 0 Å². The number of aromatic nitrogens is 5. The maximum absolute atomic E-state index is 14.0. The first-order chi connectivity index (χ1) is 19.1. The van der Waals surface area contributed by atoms with Gasteiger partial charge in [-0.3, -0.25) is 19.5 Å². The molecule has 1 fully saturated rings. The third-order valence-electron chi connectivity index (χ3n) is 6.81. The van der Waals surface area contributed by atoms with Crippen LogP contribution in [0.3, 0.4) is 0 Å². The third-order valence-corrected chi connectivity index (χ3v) is 6.81. The van der Waals surface area contributed by atoms with Crippen LogP contribution in [0, 0.1) is 0 Å². The molecule has 0 saturated heterocycles. The van der Waals surface area contributed by atoms with Crippen LogP contribution in [0.2, 0.25) is 0 Å². The molecule has 0 spiro atoms.